The maximum absolute atomic E-state index is 8.74. The Morgan fingerprint density at radius 2 is 1.44 bits per heavy atom. The van der Waals surface area contributed by atoms with Crippen molar-refractivity contribution in [3.8, 4) is 0 Å². The molecule has 1 aromatic heterocycles. The lowest BCUT2D eigenvalue weighted by Crippen LogP contribution is -1.90. The molecule has 0 fully saturated rings. The smallest absolute Gasteiger partial charge is 0.338 e. The van der Waals surface area contributed by atoms with E-state index in [1.54, 1.807) is 6.20 Å². The predicted octanol–water partition coefficient (Wildman–Crippen LogP) is -0.0125. The first kappa shape index (κ1) is 19.3. The Morgan fingerprint density at radius 1 is 1.06 bits per heavy atom. The van der Waals surface area contributed by atoms with Gasteiger partial charge in [0.05, 0.1) is 6.33 Å². The summed E-state index contributed by atoms with van der Waals surface area (Å²) in [7, 11) is -9.33. The Labute approximate surface area is 104 Å². The average Bonchev–Trinajstić information content (AvgIpc) is 2.50. The van der Waals surface area contributed by atoms with Crippen molar-refractivity contribution in [1.82, 2.24) is 9.55 Å². The van der Waals surface area contributed by atoms with E-state index in [0.717, 1.165) is 6.54 Å². The zero-order valence-electron chi connectivity index (χ0n) is 9.28. The largest absolute Gasteiger partial charge is 0.394 e. The first-order valence-electron chi connectivity index (χ1n) is 4.29. The van der Waals surface area contributed by atoms with Crippen LogP contribution in [0.25, 0.3) is 0 Å². The molecule has 0 unspecified atom stereocenters. The summed E-state index contributed by atoms with van der Waals surface area (Å²) < 4.78 is 65.2. The van der Waals surface area contributed by atoms with Crippen LogP contribution in [-0.4, -0.2) is 44.6 Å². The van der Waals surface area contributed by atoms with Crippen LogP contribution in [0.4, 0.5) is 0 Å². The van der Waals surface area contributed by atoms with E-state index in [9.17, 15) is 0 Å². The Kier molecular flexibility index (Phi) is 9.60. The number of hydrogen-bond donors (Lipinski definition) is 4. The molecule has 4 N–H and O–H groups in total. The second-order valence-corrected chi connectivity index (χ2v) is 4.49. The van der Waals surface area contributed by atoms with Crippen LogP contribution < -0.4 is 0 Å². The van der Waals surface area contributed by atoms with Crippen LogP contribution in [0, 0.1) is 0 Å². The molecule has 0 aliphatic carbocycles. The van der Waals surface area contributed by atoms with Gasteiger partial charge in [-0.15, -0.1) is 0 Å². The molecule has 18 heavy (non-hydrogen) atoms. The fourth-order valence-electron chi connectivity index (χ4n) is 0.677. The molecule has 0 aliphatic heterocycles. The molecule has 0 amide bonds. The fourth-order valence-corrected chi connectivity index (χ4v) is 0.677. The van der Waals surface area contributed by atoms with Gasteiger partial charge in [-0.25, -0.2) is 4.98 Å². The summed E-state index contributed by atoms with van der Waals surface area (Å²) in [5.74, 6) is 0. The Hall–Kier alpha value is -1.05. The first-order chi connectivity index (χ1) is 7.93. The molecule has 0 spiro atoms. The van der Waals surface area contributed by atoms with Crippen molar-refractivity contribution < 1.29 is 35.0 Å². The molecule has 0 saturated carbocycles. The second-order valence-electron chi connectivity index (χ2n) is 2.70. The first-order valence-corrected chi connectivity index (χ1v) is 7.08. The third kappa shape index (κ3) is 36.3. The lowest BCUT2D eigenvalue weighted by Gasteiger charge is -1.93. The molecule has 0 atom stereocenters. The number of nitrogens with zero attached hydrogens (tertiary/aromatic N) is 2. The van der Waals surface area contributed by atoms with Gasteiger partial charge in [0.25, 0.3) is 0 Å². The SMILES string of the molecule is CCCn1ccnc1.O=S(=O)(O)O.O=S(=O)(O)O. The maximum Gasteiger partial charge on any atom is 0.394 e. The summed E-state index contributed by atoms with van der Waals surface area (Å²) in [6.07, 6.45) is 6.79. The average molecular weight is 306 g/mol. The number of imidazole rings is 1. The molecule has 0 bridgehead atoms. The molecule has 108 valence electrons. The van der Waals surface area contributed by atoms with Gasteiger partial charge in [0.15, 0.2) is 0 Å². The van der Waals surface area contributed by atoms with Gasteiger partial charge in [-0.1, -0.05) is 6.92 Å². The van der Waals surface area contributed by atoms with Crippen LogP contribution in [0.1, 0.15) is 13.3 Å². The van der Waals surface area contributed by atoms with Crippen molar-refractivity contribution in [1.29, 1.82) is 0 Å². The number of rotatable bonds is 2. The van der Waals surface area contributed by atoms with Crippen LogP contribution in [0.2, 0.25) is 0 Å². The van der Waals surface area contributed by atoms with Crippen molar-refractivity contribution in [2.24, 2.45) is 0 Å². The quantitative estimate of drug-likeness (QED) is 0.549. The summed E-state index contributed by atoms with van der Waals surface area (Å²) in [6, 6.07) is 0. The third-order valence-electron chi connectivity index (χ3n) is 1.04. The zero-order valence-corrected chi connectivity index (χ0v) is 10.9. The molecule has 0 saturated heterocycles. The van der Waals surface area contributed by atoms with Crippen LogP contribution in [0.15, 0.2) is 18.7 Å². The van der Waals surface area contributed by atoms with Crippen molar-refractivity contribution in [2.45, 2.75) is 19.9 Å². The lowest BCUT2D eigenvalue weighted by atomic mass is 10.5. The van der Waals surface area contributed by atoms with Gasteiger partial charge in [-0.05, 0) is 6.42 Å². The minimum absolute atomic E-state index is 1.08. The van der Waals surface area contributed by atoms with Crippen LogP contribution >= 0.6 is 0 Å². The summed E-state index contributed by atoms with van der Waals surface area (Å²) >= 11 is 0. The van der Waals surface area contributed by atoms with E-state index >= 15 is 0 Å². The highest BCUT2D eigenvalue weighted by Gasteiger charge is 1.85. The minimum atomic E-state index is -4.67. The molecule has 12 heteroatoms. The van der Waals surface area contributed by atoms with Crippen molar-refractivity contribution in [3.63, 3.8) is 0 Å². The number of aryl methyl sites for hydroxylation is 1. The van der Waals surface area contributed by atoms with E-state index in [1.165, 1.54) is 6.42 Å². The molecule has 1 aromatic rings. The summed E-state index contributed by atoms with van der Waals surface area (Å²) in [5.41, 5.74) is 0. The normalized spacial score (nSPS) is 10.7. The van der Waals surface area contributed by atoms with Gasteiger partial charge in [0.1, 0.15) is 0 Å². The monoisotopic (exact) mass is 306 g/mol. The van der Waals surface area contributed by atoms with Gasteiger partial charge < -0.3 is 4.57 Å². The van der Waals surface area contributed by atoms with E-state index in [-0.39, 0.29) is 0 Å². The Balaban J connectivity index is 0. The highest BCUT2D eigenvalue weighted by Crippen LogP contribution is 1.87. The molecular formula is C6H14N2O8S2. The highest BCUT2D eigenvalue weighted by molar-refractivity contribution is 7.80. The van der Waals surface area contributed by atoms with E-state index in [4.69, 9.17) is 35.0 Å². The molecular weight excluding hydrogens is 292 g/mol. The molecule has 0 radical (unpaired) electrons. The summed E-state index contributed by atoms with van der Waals surface area (Å²) in [6.45, 7) is 3.24. The van der Waals surface area contributed by atoms with E-state index < -0.39 is 20.8 Å². The highest BCUT2D eigenvalue weighted by atomic mass is 32.3. The van der Waals surface area contributed by atoms with E-state index in [0.29, 0.717) is 0 Å². The standard InChI is InChI=1S/C6H10N2.2H2O4S/c1-2-4-8-5-3-7-6-8;2*1-5(2,3)4/h3,5-6H,2,4H2,1H3;2*(H2,1,2,3,4). The predicted molar refractivity (Wildman–Crippen MR) is 60.9 cm³/mol. The van der Waals surface area contributed by atoms with Gasteiger partial charge in [0, 0.05) is 18.9 Å². The van der Waals surface area contributed by atoms with Crippen LogP contribution in [0.5, 0.6) is 0 Å². The molecule has 0 aliphatic rings. The summed E-state index contributed by atoms with van der Waals surface area (Å²) in [5, 5.41) is 0. The van der Waals surface area contributed by atoms with E-state index in [1.807, 2.05) is 12.5 Å². The number of hydrogen-bond acceptors (Lipinski definition) is 5. The van der Waals surface area contributed by atoms with Gasteiger partial charge in [-0.3, -0.25) is 18.2 Å². The minimum Gasteiger partial charge on any atom is -0.338 e. The Bertz CT molecular complexity index is 446. The van der Waals surface area contributed by atoms with Gasteiger partial charge in [-0.2, -0.15) is 16.8 Å². The fraction of sp³-hybridized carbons (Fsp3) is 0.500. The summed E-state index contributed by atoms with van der Waals surface area (Å²) in [4.78, 5) is 3.90. The third-order valence-corrected chi connectivity index (χ3v) is 1.04. The molecule has 10 nitrogen and oxygen atoms in total. The zero-order chi connectivity index (χ0) is 14.8. The molecule has 0 aromatic carbocycles. The molecule has 1 rings (SSSR count). The number of aromatic nitrogens is 2. The van der Waals surface area contributed by atoms with Crippen molar-refractivity contribution in [3.05, 3.63) is 18.7 Å². The van der Waals surface area contributed by atoms with Crippen LogP contribution in [0.3, 0.4) is 0 Å². The van der Waals surface area contributed by atoms with Gasteiger partial charge in [0.2, 0.25) is 0 Å². The topological polar surface area (TPSA) is 167 Å². The van der Waals surface area contributed by atoms with Crippen molar-refractivity contribution >= 4 is 20.8 Å². The van der Waals surface area contributed by atoms with Crippen molar-refractivity contribution in [2.75, 3.05) is 0 Å². The van der Waals surface area contributed by atoms with Crippen LogP contribution in [-0.2, 0) is 27.3 Å². The second kappa shape index (κ2) is 8.96. The molecule has 1 heterocycles. The Morgan fingerprint density at radius 3 is 1.67 bits per heavy atom. The van der Waals surface area contributed by atoms with Gasteiger partial charge >= 0.3 is 20.8 Å². The van der Waals surface area contributed by atoms with E-state index in [2.05, 4.69) is 16.5 Å². The lowest BCUT2D eigenvalue weighted by molar-refractivity contribution is 0.378. The maximum atomic E-state index is 8.74.